The van der Waals surface area contributed by atoms with Crippen LogP contribution in [0, 0.1) is 5.95 Å². The Labute approximate surface area is 328 Å². The largest absolute Gasteiger partial charge is 0.485 e. The molecule has 0 radical (unpaired) electrons. The van der Waals surface area contributed by atoms with E-state index < -0.39 is 49.1 Å². The van der Waals surface area contributed by atoms with Crippen LogP contribution in [0.1, 0.15) is 75.8 Å². The van der Waals surface area contributed by atoms with Crippen molar-refractivity contribution in [1.82, 2.24) is 20.1 Å². The molecule has 4 aromatic rings. The van der Waals surface area contributed by atoms with E-state index in [2.05, 4.69) is 15.4 Å². The van der Waals surface area contributed by atoms with Crippen LogP contribution in [-0.4, -0.2) is 82.5 Å². The lowest BCUT2D eigenvalue weighted by Crippen LogP contribution is -2.39. The van der Waals surface area contributed by atoms with Crippen molar-refractivity contribution < 1.29 is 51.4 Å². The Morgan fingerprint density at radius 3 is 2.49 bits per heavy atom. The van der Waals surface area contributed by atoms with Crippen molar-refractivity contribution in [2.45, 2.75) is 77.3 Å². The van der Waals surface area contributed by atoms with E-state index in [0.717, 1.165) is 18.4 Å². The molecule has 2 amide bonds. The molecule has 0 aliphatic carbocycles. The summed E-state index contributed by atoms with van der Waals surface area (Å²) in [5.41, 5.74) is 0.131. The predicted octanol–water partition coefficient (Wildman–Crippen LogP) is 7.09. The molecule has 57 heavy (non-hydrogen) atoms. The molecule has 12 nitrogen and oxygen atoms in total. The SMILES string of the molecule is CNC(=O)/C=C/CCc1ccccc1N(CCOc1ccc(/C(=C(/CC(F)(F)F)B(O)O)c2ccc3c(c2)c(F)nn3C2CCCCO2)cn1)C(=O)OC(C)(C)C. The molecular formula is C40H46BF4N5O7. The number of halogens is 4. The van der Waals surface area contributed by atoms with E-state index in [-0.39, 0.29) is 47.0 Å². The molecule has 2 aromatic heterocycles. The van der Waals surface area contributed by atoms with Crippen LogP contribution in [0.3, 0.4) is 0 Å². The number of carbonyl (C=O) groups excluding carboxylic acids is 2. The Kier molecular flexibility index (Phi) is 14.1. The molecule has 1 fully saturated rings. The molecular weight excluding hydrogens is 749 g/mol. The highest BCUT2D eigenvalue weighted by Gasteiger charge is 2.36. The number of nitrogens with one attached hydrogen (secondary N) is 1. The van der Waals surface area contributed by atoms with Crippen LogP contribution in [0.5, 0.6) is 5.88 Å². The maximum absolute atomic E-state index is 15.3. The number of ether oxygens (including phenoxy) is 3. The number of para-hydroxylation sites is 1. The Morgan fingerprint density at radius 2 is 1.84 bits per heavy atom. The molecule has 0 saturated carbocycles. The third-order valence-electron chi connectivity index (χ3n) is 8.98. The molecule has 17 heteroatoms. The molecule has 304 valence electrons. The summed E-state index contributed by atoms with van der Waals surface area (Å²) < 4.78 is 75.6. The first-order valence-electron chi connectivity index (χ1n) is 18.6. The van der Waals surface area contributed by atoms with Gasteiger partial charge >= 0.3 is 19.4 Å². The summed E-state index contributed by atoms with van der Waals surface area (Å²) >= 11 is 0. The van der Waals surface area contributed by atoms with Gasteiger partial charge in [0.15, 0.2) is 6.23 Å². The van der Waals surface area contributed by atoms with Crippen LogP contribution in [0.15, 0.2) is 78.4 Å². The van der Waals surface area contributed by atoms with Crippen LogP contribution in [0.2, 0.25) is 0 Å². The minimum absolute atomic E-state index is 0.0161. The molecule has 3 heterocycles. The molecule has 5 rings (SSSR count). The zero-order valence-corrected chi connectivity index (χ0v) is 32.2. The first-order valence-corrected chi connectivity index (χ1v) is 18.6. The monoisotopic (exact) mass is 795 g/mol. The third-order valence-corrected chi connectivity index (χ3v) is 8.98. The van der Waals surface area contributed by atoms with Gasteiger partial charge in [-0.05, 0) is 105 Å². The zero-order chi connectivity index (χ0) is 41.3. The van der Waals surface area contributed by atoms with Crippen LogP contribution in [-0.2, 0) is 20.7 Å². The van der Waals surface area contributed by atoms with Crippen molar-refractivity contribution in [2.24, 2.45) is 0 Å². The molecule has 1 saturated heterocycles. The Hall–Kier alpha value is -5.26. The lowest BCUT2D eigenvalue weighted by Gasteiger charge is -2.29. The van der Waals surface area contributed by atoms with Gasteiger partial charge in [0.25, 0.3) is 0 Å². The summed E-state index contributed by atoms with van der Waals surface area (Å²) in [6.45, 7) is 5.66. The van der Waals surface area contributed by atoms with Crippen LogP contribution in [0.25, 0.3) is 16.5 Å². The van der Waals surface area contributed by atoms with Crippen molar-refractivity contribution in [3.63, 3.8) is 0 Å². The number of alkyl halides is 3. The minimum atomic E-state index is -4.82. The van der Waals surface area contributed by atoms with E-state index in [0.29, 0.717) is 37.1 Å². The van der Waals surface area contributed by atoms with Crippen LogP contribution in [0.4, 0.5) is 28.0 Å². The number of amides is 2. The number of fused-ring (bicyclic) bond motifs is 1. The summed E-state index contributed by atoms with van der Waals surface area (Å²) in [6.07, 6.45) is 0.144. The highest BCUT2D eigenvalue weighted by Crippen LogP contribution is 2.37. The van der Waals surface area contributed by atoms with E-state index in [1.807, 2.05) is 12.1 Å². The molecule has 1 unspecified atom stereocenters. The standard InChI is InChI=1S/C40H46BF4N5O7/c1-39(2,3)57-38(52)49(31-13-7-5-11-26(31)12-6-8-14-33(51)46-4)20-22-55-34-19-17-28(25-47-34)36(30(41(53)54)24-40(43,44)45)27-16-18-32-29(23-27)37(42)48-50(32)35-15-9-10-21-56-35/h5,7-8,11,13-14,16-19,23,25,35,53-54H,6,9-10,12,15,20-22,24H2,1-4H3,(H,46,51)/b14-8+,36-30-. The normalized spacial score (nSPS) is 15.4. The predicted molar refractivity (Wildman–Crippen MR) is 207 cm³/mol. The van der Waals surface area contributed by atoms with Gasteiger partial charge in [-0.3, -0.25) is 9.69 Å². The van der Waals surface area contributed by atoms with E-state index in [9.17, 15) is 32.8 Å². The first kappa shape index (κ1) is 42.9. The smallest absolute Gasteiger partial charge is 0.476 e. The van der Waals surface area contributed by atoms with Crippen molar-refractivity contribution in [3.8, 4) is 5.88 Å². The van der Waals surface area contributed by atoms with Crippen LogP contribution < -0.4 is 15.0 Å². The van der Waals surface area contributed by atoms with Gasteiger partial charge < -0.3 is 29.6 Å². The Bertz CT molecular complexity index is 2070. The van der Waals surface area contributed by atoms with Gasteiger partial charge in [-0.15, -0.1) is 5.10 Å². The van der Waals surface area contributed by atoms with Gasteiger partial charge in [0, 0.05) is 31.5 Å². The first-order chi connectivity index (χ1) is 27.0. The van der Waals surface area contributed by atoms with Gasteiger partial charge in [0.05, 0.1) is 29.6 Å². The number of nitrogens with zero attached hydrogens (tertiary/aromatic N) is 4. The Balaban J connectivity index is 1.41. The van der Waals surface area contributed by atoms with Crippen molar-refractivity contribution >= 4 is 41.3 Å². The number of pyridine rings is 1. The maximum Gasteiger partial charge on any atom is 0.485 e. The highest BCUT2D eigenvalue weighted by molar-refractivity contribution is 6.53. The van der Waals surface area contributed by atoms with Crippen LogP contribution >= 0.6 is 0 Å². The topological polar surface area (TPSA) is 148 Å². The van der Waals surface area contributed by atoms with E-state index >= 15 is 4.39 Å². The number of anilines is 1. The van der Waals surface area contributed by atoms with Crippen molar-refractivity contribution in [1.29, 1.82) is 0 Å². The molecule has 0 bridgehead atoms. The summed E-state index contributed by atoms with van der Waals surface area (Å²) in [5.74, 6) is -1.03. The quantitative estimate of drug-likeness (QED) is 0.0692. The molecule has 1 aliphatic rings. The Morgan fingerprint density at radius 1 is 1.09 bits per heavy atom. The fraction of sp³-hybridized carbons (Fsp3) is 0.400. The van der Waals surface area contributed by atoms with Gasteiger partial charge in [0.2, 0.25) is 17.7 Å². The van der Waals surface area contributed by atoms with Gasteiger partial charge in [0.1, 0.15) is 12.2 Å². The summed E-state index contributed by atoms with van der Waals surface area (Å²) in [7, 11) is -0.974. The number of carbonyl (C=O) groups is 2. The maximum atomic E-state index is 15.3. The number of rotatable bonds is 14. The second kappa shape index (κ2) is 18.8. The summed E-state index contributed by atoms with van der Waals surface area (Å²) in [6, 6.07) is 14.3. The molecule has 3 N–H and O–H groups in total. The van der Waals surface area contributed by atoms with Crippen molar-refractivity contribution in [3.05, 3.63) is 101 Å². The second-order valence-electron chi connectivity index (χ2n) is 14.4. The van der Waals surface area contributed by atoms with Gasteiger partial charge in [-0.2, -0.15) is 17.6 Å². The number of hydrogen-bond acceptors (Lipinski definition) is 9. The van der Waals surface area contributed by atoms with Crippen molar-refractivity contribution in [2.75, 3.05) is 31.7 Å². The average Bonchev–Trinajstić information content (AvgIpc) is 3.50. The average molecular weight is 796 g/mol. The number of hydrogen-bond donors (Lipinski definition) is 3. The lowest BCUT2D eigenvalue weighted by molar-refractivity contribution is -0.126. The van der Waals surface area contributed by atoms with E-state index in [4.69, 9.17) is 14.2 Å². The minimum Gasteiger partial charge on any atom is -0.476 e. The number of allylic oxidation sites excluding steroid dienone is 2. The van der Waals surface area contributed by atoms with Gasteiger partial charge in [-0.25, -0.2) is 14.5 Å². The molecule has 2 aromatic carbocycles. The van der Waals surface area contributed by atoms with E-state index in [1.54, 1.807) is 39.0 Å². The summed E-state index contributed by atoms with van der Waals surface area (Å²) in [4.78, 5) is 30.8. The molecule has 0 spiro atoms. The van der Waals surface area contributed by atoms with Gasteiger partial charge in [-0.1, -0.05) is 30.3 Å². The fourth-order valence-electron chi connectivity index (χ4n) is 6.44. The number of likely N-dealkylation sites (N-methyl/N-ethyl adjacent to an activating group) is 1. The number of aryl methyl sites for hydroxylation is 1. The third kappa shape index (κ3) is 11.6. The fourth-order valence-corrected chi connectivity index (χ4v) is 6.44. The molecule has 1 atom stereocenters. The number of benzene rings is 2. The lowest BCUT2D eigenvalue weighted by atomic mass is 9.71. The van der Waals surface area contributed by atoms with E-state index in [1.165, 1.54) is 59.2 Å². The second-order valence-corrected chi connectivity index (χ2v) is 14.4. The zero-order valence-electron chi connectivity index (χ0n) is 32.2. The molecule has 1 aliphatic heterocycles. The summed E-state index contributed by atoms with van der Waals surface area (Å²) in [5, 5.41) is 27.0. The number of aromatic nitrogens is 3. The highest BCUT2D eigenvalue weighted by atomic mass is 19.4.